The first-order chi connectivity index (χ1) is 7.50. The molecule has 5 nitrogen and oxygen atoms in total. The second-order valence-electron chi connectivity index (χ2n) is 3.78. The molecular weight excluding hydrogens is 224 g/mol. The molecule has 0 aromatic rings. The molecule has 0 radical (unpaired) electrons. The van der Waals surface area contributed by atoms with E-state index in [4.69, 9.17) is 15.0 Å². The number of hydrogen-bond donors (Lipinski definition) is 2. The van der Waals surface area contributed by atoms with Gasteiger partial charge in [-0.1, -0.05) is 45.4 Å². The molecule has 0 atom stereocenters. The van der Waals surface area contributed by atoms with Gasteiger partial charge in [-0.05, 0) is 6.42 Å². The van der Waals surface area contributed by atoms with E-state index >= 15 is 0 Å². The highest BCUT2D eigenvalue weighted by Crippen LogP contribution is 2.15. The van der Waals surface area contributed by atoms with Gasteiger partial charge in [-0.15, -0.1) is 0 Å². The lowest BCUT2D eigenvalue weighted by Gasteiger charge is -2.05. The van der Waals surface area contributed by atoms with E-state index in [0.29, 0.717) is 6.42 Å². The molecule has 1 rings (SSSR count). The molecule has 0 amide bonds. The second-order valence-corrected chi connectivity index (χ2v) is 3.78. The van der Waals surface area contributed by atoms with Gasteiger partial charge in [0.2, 0.25) is 0 Å². The van der Waals surface area contributed by atoms with Gasteiger partial charge in [-0.2, -0.15) is 0 Å². The molecular formula is C12H26O5. The maximum absolute atomic E-state index is 9.60. The molecule has 0 unspecified atom stereocenters. The Hall–Kier alpha value is -1.10. The van der Waals surface area contributed by atoms with Gasteiger partial charge >= 0.3 is 5.97 Å². The molecule has 0 spiro atoms. The third-order valence-electron chi connectivity index (χ3n) is 1.96. The first-order valence-corrected chi connectivity index (χ1v) is 5.92. The molecule has 1 fully saturated rings. The van der Waals surface area contributed by atoms with Gasteiger partial charge in [-0.25, -0.2) is 0 Å². The molecule has 5 heteroatoms. The molecule has 4 N–H and O–H groups in total. The standard InChI is InChI=1S/C6H12.C4H8O2.C2H4O2.H2O/c1-2-4-6-5-3-1;1-2-3-4(5)6;1-2(3)4;/h1-6H2;2-3H2,1H3,(H,5,6);1H3,(H,3,4);1H2. The van der Waals surface area contributed by atoms with E-state index in [-0.39, 0.29) is 5.48 Å². The zero-order valence-electron chi connectivity index (χ0n) is 10.9. The zero-order valence-corrected chi connectivity index (χ0v) is 10.9. The largest absolute Gasteiger partial charge is 0.481 e. The quantitative estimate of drug-likeness (QED) is 0.785. The number of hydrogen-bond acceptors (Lipinski definition) is 2. The first kappa shape index (κ1) is 21.2. The van der Waals surface area contributed by atoms with Crippen LogP contribution in [0.3, 0.4) is 0 Å². The van der Waals surface area contributed by atoms with Crippen molar-refractivity contribution in [2.75, 3.05) is 0 Å². The van der Waals surface area contributed by atoms with Gasteiger partial charge < -0.3 is 15.7 Å². The van der Waals surface area contributed by atoms with Crippen LogP contribution in [0.25, 0.3) is 0 Å². The predicted octanol–water partition coefficient (Wildman–Crippen LogP) is 2.48. The Morgan fingerprint density at radius 2 is 1.18 bits per heavy atom. The van der Waals surface area contributed by atoms with E-state index in [2.05, 4.69) is 0 Å². The Bertz CT molecular complexity index is 160. The maximum Gasteiger partial charge on any atom is 0.303 e. The van der Waals surface area contributed by atoms with E-state index in [1.54, 1.807) is 0 Å². The molecule has 104 valence electrons. The van der Waals surface area contributed by atoms with Crippen molar-refractivity contribution in [3.8, 4) is 0 Å². The summed E-state index contributed by atoms with van der Waals surface area (Å²) in [5.74, 6) is -1.54. The van der Waals surface area contributed by atoms with Crippen molar-refractivity contribution in [2.45, 2.75) is 65.2 Å². The SMILES string of the molecule is C1CCCCC1.CC(=O)O.CCCC(=O)O.O. The monoisotopic (exact) mass is 250 g/mol. The van der Waals surface area contributed by atoms with Gasteiger partial charge in [0, 0.05) is 13.3 Å². The molecule has 0 aromatic carbocycles. The third-order valence-corrected chi connectivity index (χ3v) is 1.96. The van der Waals surface area contributed by atoms with Crippen molar-refractivity contribution >= 4 is 11.9 Å². The molecule has 1 aliphatic rings. The Morgan fingerprint density at radius 3 is 1.24 bits per heavy atom. The average Bonchev–Trinajstić information content (AvgIpc) is 2.20. The van der Waals surface area contributed by atoms with Crippen LogP contribution < -0.4 is 0 Å². The van der Waals surface area contributed by atoms with Crippen LogP contribution in [-0.2, 0) is 9.59 Å². The summed E-state index contributed by atoms with van der Waals surface area (Å²) in [7, 11) is 0. The smallest absolute Gasteiger partial charge is 0.303 e. The Morgan fingerprint density at radius 1 is 0.941 bits per heavy atom. The molecule has 1 saturated carbocycles. The number of carbonyl (C=O) groups is 2. The lowest BCUT2D eigenvalue weighted by molar-refractivity contribution is -0.137. The van der Waals surface area contributed by atoms with E-state index in [9.17, 15) is 4.79 Å². The van der Waals surface area contributed by atoms with Gasteiger partial charge in [0.1, 0.15) is 0 Å². The van der Waals surface area contributed by atoms with E-state index in [1.165, 1.54) is 38.5 Å². The Labute approximate surface area is 103 Å². The lowest BCUT2D eigenvalue weighted by atomic mass is 10.0. The summed E-state index contributed by atoms with van der Waals surface area (Å²) >= 11 is 0. The van der Waals surface area contributed by atoms with Crippen LogP contribution in [0.15, 0.2) is 0 Å². The average molecular weight is 250 g/mol. The lowest BCUT2D eigenvalue weighted by Crippen LogP contribution is -1.90. The Balaban J connectivity index is -0.000000172. The first-order valence-electron chi connectivity index (χ1n) is 5.92. The summed E-state index contributed by atoms with van der Waals surface area (Å²) in [6, 6.07) is 0. The van der Waals surface area contributed by atoms with Crippen LogP contribution in [0.1, 0.15) is 65.2 Å². The number of rotatable bonds is 2. The predicted molar refractivity (Wildman–Crippen MR) is 67.2 cm³/mol. The van der Waals surface area contributed by atoms with Crippen molar-refractivity contribution in [1.82, 2.24) is 0 Å². The third kappa shape index (κ3) is 39.7. The number of carboxylic acid groups (broad SMARTS) is 2. The van der Waals surface area contributed by atoms with Crippen molar-refractivity contribution < 1.29 is 25.3 Å². The highest BCUT2D eigenvalue weighted by atomic mass is 16.4. The van der Waals surface area contributed by atoms with E-state index in [0.717, 1.165) is 13.3 Å². The van der Waals surface area contributed by atoms with Crippen molar-refractivity contribution in [3.05, 3.63) is 0 Å². The summed E-state index contributed by atoms with van der Waals surface area (Å²) in [5, 5.41) is 15.3. The highest BCUT2D eigenvalue weighted by Gasteiger charge is 1.95. The summed E-state index contributed by atoms with van der Waals surface area (Å²) < 4.78 is 0. The summed E-state index contributed by atoms with van der Waals surface area (Å²) in [6.45, 7) is 2.92. The van der Waals surface area contributed by atoms with E-state index < -0.39 is 11.9 Å². The minimum atomic E-state index is -0.833. The van der Waals surface area contributed by atoms with Crippen LogP contribution in [0.2, 0.25) is 0 Å². The molecule has 0 bridgehead atoms. The fourth-order valence-electron chi connectivity index (χ4n) is 1.27. The Kier molecular flexibility index (Phi) is 21.6. The molecule has 0 aliphatic heterocycles. The van der Waals surface area contributed by atoms with Crippen LogP contribution >= 0.6 is 0 Å². The maximum atomic E-state index is 9.60. The molecule has 0 saturated heterocycles. The minimum Gasteiger partial charge on any atom is -0.481 e. The van der Waals surface area contributed by atoms with Gasteiger partial charge in [0.25, 0.3) is 5.97 Å². The van der Waals surface area contributed by atoms with Crippen LogP contribution in [0.5, 0.6) is 0 Å². The fraction of sp³-hybridized carbons (Fsp3) is 0.833. The topological polar surface area (TPSA) is 106 Å². The molecule has 0 aromatic heterocycles. The molecule has 17 heavy (non-hydrogen) atoms. The van der Waals surface area contributed by atoms with Crippen LogP contribution in [-0.4, -0.2) is 27.6 Å². The van der Waals surface area contributed by atoms with Gasteiger partial charge in [0.05, 0.1) is 0 Å². The highest BCUT2D eigenvalue weighted by molar-refractivity contribution is 5.66. The molecule has 0 heterocycles. The van der Waals surface area contributed by atoms with Crippen LogP contribution in [0, 0.1) is 0 Å². The fourth-order valence-corrected chi connectivity index (χ4v) is 1.27. The summed E-state index contributed by atoms with van der Waals surface area (Å²) in [4.78, 5) is 18.6. The zero-order chi connectivity index (χ0) is 12.8. The normalized spacial score (nSPS) is 12.8. The van der Waals surface area contributed by atoms with Crippen molar-refractivity contribution in [1.29, 1.82) is 0 Å². The molecule has 1 aliphatic carbocycles. The summed E-state index contributed by atoms with van der Waals surface area (Å²) in [5.41, 5.74) is 0. The van der Waals surface area contributed by atoms with Crippen LogP contribution in [0.4, 0.5) is 0 Å². The summed E-state index contributed by atoms with van der Waals surface area (Å²) in [6.07, 6.45) is 10.0. The van der Waals surface area contributed by atoms with E-state index in [1.807, 2.05) is 6.92 Å². The van der Waals surface area contributed by atoms with Gasteiger partial charge in [-0.3, -0.25) is 9.59 Å². The minimum absolute atomic E-state index is 0. The van der Waals surface area contributed by atoms with Crippen molar-refractivity contribution in [2.24, 2.45) is 0 Å². The van der Waals surface area contributed by atoms with Gasteiger partial charge in [0.15, 0.2) is 0 Å². The number of carboxylic acids is 2. The number of aliphatic carboxylic acids is 2. The van der Waals surface area contributed by atoms with Crippen molar-refractivity contribution in [3.63, 3.8) is 0 Å². The second kappa shape index (κ2) is 17.3.